The molecule has 5 aromatic rings. The van der Waals surface area contributed by atoms with Crippen molar-refractivity contribution in [1.29, 1.82) is 0 Å². The smallest absolute Gasteiger partial charge is 0.181 e. The molecule has 0 aliphatic carbocycles. The van der Waals surface area contributed by atoms with Crippen LogP contribution in [0.4, 0.5) is 0 Å². The molecule has 0 radical (unpaired) electrons. The Labute approximate surface area is 165 Å². The third-order valence-corrected chi connectivity index (χ3v) is 8.54. The third kappa shape index (κ3) is 2.84. The maximum Gasteiger partial charge on any atom is 0.181 e. The van der Waals surface area contributed by atoms with Crippen molar-refractivity contribution in [1.82, 2.24) is 4.98 Å². The molecule has 0 saturated heterocycles. The van der Waals surface area contributed by atoms with Gasteiger partial charge >= 0.3 is 0 Å². The Morgan fingerprint density at radius 3 is 2.25 bits per heavy atom. The van der Waals surface area contributed by atoms with Gasteiger partial charge in [-0.05, 0) is 39.2 Å². The lowest BCUT2D eigenvalue weighted by molar-refractivity contribution is 0.639. The highest BCUT2D eigenvalue weighted by molar-refractivity contribution is 6.99. The van der Waals surface area contributed by atoms with Crippen LogP contribution in [0.5, 0.6) is 0 Å². The van der Waals surface area contributed by atoms with Crippen LogP contribution in [-0.2, 0) is 0 Å². The van der Waals surface area contributed by atoms with Crippen molar-refractivity contribution in [3.05, 3.63) is 91.0 Å². The van der Waals surface area contributed by atoms with Gasteiger partial charge in [-0.25, -0.2) is 4.98 Å². The molecular formula is C25H21NOSi. The average molecular weight is 380 g/mol. The van der Waals surface area contributed by atoms with Gasteiger partial charge in [0, 0.05) is 0 Å². The Morgan fingerprint density at radius 1 is 0.679 bits per heavy atom. The summed E-state index contributed by atoms with van der Waals surface area (Å²) in [5.41, 5.74) is 5.01. The van der Waals surface area contributed by atoms with E-state index in [0.717, 1.165) is 22.2 Å². The molecule has 0 amide bonds. The Balaban J connectivity index is 1.58. The molecule has 0 N–H and O–H groups in total. The lowest BCUT2D eigenvalue weighted by Crippen LogP contribution is -2.53. The van der Waals surface area contributed by atoms with Crippen LogP contribution in [0.1, 0.15) is 0 Å². The van der Waals surface area contributed by atoms with Gasteiger partial charge in [-0.15, -0.1) is 0 Å². The van der Waals surface area contributed by atoms with Crippen LogP contribution in [0.2, 0.25) is 13.1 Å². The molecule has 0 aliphatic rings. The predicted octanol–water partition coefficient (Wildman–Crippen LogP) is 5.47. The summed E-state index contributed by atoms with van der Waals surface area (Å²) >= 11 is 0. The summed E-state index contributed by atoms with van der Waals surface area (Å²) in [5.74, 6) is 0. The van der Waals surface area contributed by atoms with Gasteiger partial charge in [0.15, 0.2) is 19.2 Å². The maximum atomic E-state index is 6.31. The van der Waals surface area contributed by atoms with E-state index >= 15 is 0 Å². The predicted molar refractivity (Wildman–Crippen MR) is 120 cm³/mol. The molecule has 0 unspecified atom stereocenters. The fourth-order valence-corrected chi connectivity index (χ4v) is 5.73. The van der Waals surface area contributed by atoms with Gasteiger partial charge in [0.25, 0.3) is 0 Å². The molecule has 0 saturated carbocycles. The largest absolute Gasteiger partial charge is 0.445 e. The SMILES string of the molecule is C[Si](C)(c1ccc2ccccc2c1)c1nc2ccc(-c3ccccc3)cc2o1. The van der Waals surface area contributed by atoms with Gasteiger partial charge in [-0.1, -0.05) is 92.0 Å². The topological polar surface area (TPSA) is 26.0 Å². The first-order chi connectivity index (χ1) is 13.6. The van der Waals surface area contributed by atoms with Crippen LogP contribution >= 0.6 is 0 Å². The monoisotopic (exact) mass is 379 g/mol. The summed E-state index contributed by atoms with van der Waals surface area (Å²) in [6, 6.07) is 31.9. The van der Waals surface area contributed by atoms with Crippen molar-refractivity contribution < 1.29 is 4.42 Å². The second-order valence-corrected chi connectivity index (χ2v) is 12.0. The molecule has 28 heavy (non-hydrogen) atoms. The highest BCUT2D eigenvalue weighted by Crippen LogP contribution is 2.24. The van der Waals surface area contributed by atoms with Crippen molar-refractivity contribution in [3.63, 3.8) is 0 Å². The Hall–Kier alpha value is -3.17. The van der Waals surface area contributed by atoms with E-state index in [1.54, 1.807) is 0 Å². The van der Waals surface area contributed by atoms with E-state index in [9.17, 15) is 0 Å². The molecule has 0 spiro atoms. The lowest BCUT2D eigenvalue weighted by atomic mass is 10.1. The molecular weight excluding hydrogens is 358 g/mol. The number of aromatic nitrogens is 1. The van der Waals surface area contributed by atoms with Gasteiger partial charge in [0.2, 0.25) is 0 Å². The molecule has 2 nitrogen and oxygen atoms in total. The van der Waals surface area contributed by atoms with E-state index in [2.05, 4.69) is 98.0 Å². The molecule has 0 atom stereocenters. The van der Waals surface area contributed by atoms with Crippen molar-refractivity contribution in [3.8, 4) is 11.1 Å². The van der Waals surface area contributed by atoms with Crippen LogP contribution in [0.15, 0.2) is 95.4 Å². The van der Waals surface area contributed by atoms with Crippen LogP contribution in [-0.4, -0.2) is 13.1 Å². The molecule has 136 valence electrons. The quantitative estimate of drug-likeness (QED) is 0.389. The van der Waals surface area contributed by atoms with Crippen LogP contribution in [0, 0.1) is 0 Å². The zero-order valence-corrected chi connectivity index (χ0v) is 17.0. The first kappa shape index (κ1) is 17.0. The van der Waals surface area contributed by atoms with E-state index in [1.165, 1.54) is 21.5 Å². The Bertz CT molecular complexity index is 1290. The number of rotatable bonds is 3. The lowest BCUT2D eigenvalue weighted by Gasteiger charge is -2.19. The van der Waals surface area contributed by atoms with Crippen molar-refractivity contribution in [2.45, 2.75) is 13.1 Å². The molecule has 0 fully saturated rings. The number of benzene rings is 4. The zero-order chi connectivity index (χ0) is 19.1. The van der Waals surface area contributed by atoms with E-state index in [4.69, 9.17) is 9.40 Å². The van der Waals surface area contributed by atoms with Crippen molar-refractivity contribution in [2.24, 2.45) is 0 Å². The number of oxazole rings is 1. The number of fused-ring (bicyclic) bond motifs is 2. The van der Waals surface area contributed by atoms with Gasteiger partial charge in [0.05, 0.1) is 0 Å². The zero-order valence-electron chi connectivity index (χ0n) is 16.0. The van der Waals surface area contributed by atoms with Gasteiger partial charge in [-0.3, -0.25) is 0 Å². The van der Waals surface area contributed by atoms with Gasteiger partial charge < -0.3 is 4.42 Å². The minimum atomic E-state index is -2.03. The van der Waals surface area contributed by atoms with E-state index in [1.807, 2.05) is 6.07 Å². The summed E-state index contributed by atoms with van der Waals surface area (Å²) < 4.78 is 6.31. The molecule has 4 aromatic carbocycles. The first-order valence-corrected chi connectivity index (χ1v) is 12.6. The van der Waals surface area contributed by atoms with E-state index < -0.39 is 8.07 Å². The second-order valence-electron chi connectivity index (χ2n) is 7.75. The van der Waals surface area contributed by atoms with Gasteiger partial charge in [-0.2, -0.15) is 0 Å². The molecule has 5 rings (SSSR count). The summed E-state index contributed by atoms with van der Waals surface area (Å²) in [6.07, 6.45) is 0. The van der Waals surface area contributed by atoms with E-state index in [-0.39, 0.29) is 0 Å². The maximum absolute atomic E-state index is 6.31. The molecule has 0 aliphatic heterocycles. The fraction of sp³-hybridized carbons (Fsp3) is 0.0800. The minimum Gasteiger partial charge on any atom is -0.445 e. The normalized spacial score (nSPS) is 11.9. The number of nitrogens with zero attached hydrogens (tertiary/aromatic N) is 1. The first-order valence-electron chi connectivity index (χ1n) is 9.57. The summed E-state index contributed by atoms with van der Waals surface area (Å²) in [7, 11) is -2.03. The van der Waals surface area contributed by atoms with Crippen LogP contribution in [0.3, 0.4) is 0 Å². The average Bonchev–Trinajstić information content (AvgIpc) is 3.18. The standard InChI is InChI=1S/C25H21NOSi/c1-28(2,22-14-12-19-10-6-7-11-20(19)16-22)25-26-23-15-13-21(17-24(23)27-25)18-8-4-3-5-9-18/h3-17H,1-2H3. The highest BCUT2D eigenvalue weighted by Gasteiger charge is 2.32. The molecule has 3 heteroatoms. The van der Waals surface area contributed by atoms with E-state index in [0.29, 0.717) is 0 Å². The number of hydrogen-bond acceptors (Lipinski definition) is 2. The fourth-order valence-electron chi connectivity index (χ4n) is 3.70. The van der Waals surface area contributed by atoms with Gasteiger partial charge in [0.1, 0.15) is 5.52 Å². The number of hydrogen-bond donors (Lipinski definition) is 0. The van der Waals surface area contributed by atoms with Crippen LogP contribution in [0.25, 0.3) is 33.0 Å². The summed E-state index contributed by atoms with van der Waals surface area (Å²) in [6.45, 7) is 4.61. The summed E-state index contributed by atoms with van der Waals surface area (Å²) in [5, 5.41) is 3.87. The minimum absolute atomic E-state index is 0.859. The van der Waals surface area contributed by atoms with Crippen LogP contribution < -0.4 is 10.7 Å². The third-order valence-electron chi connectivity index (χ3n) is 5.50. The van der Waals surface area contributed by atoms with Crippen molar-refractivity contribution >= 4 is 40.6 Å². The van der Waals surface area contributed by atoms with Crippen molar-refractivity contribution in [2.75, 3.05) is 0 Å². The molecule has 0 bridgehead atoms. The highest BCUT2D eigenvalue weighted by atomic mass is 28.3. The molecule has 1 heterocycles. The molecule has 1 aromatic heterocycles. The second kappa shape index (κ2) is 6.46. The Morgan fingerprint density at radius 2 is 1.43 bits per heavy atom. The summed E-state index contributed by atoms with van der Waals surface area (Å²) in [4.78, 5) is 4.87. The Kier molecular flexibility index (Phi) is 3.92.